The Hall–Kier alpha value is -4.33. The molecule has 0 aliphatic rings. The van der Waals surface area contributed by atoms with Crippen LogP contribution in [0.15, 0.2) is 83.4 Å². The highest BCUT2D eigenvalue weighted by atomic mass is 16.4. The molecule has 0 aliphatic heterocycles. The first-order chi connectivity index (χ1) is 15.7. The van der Waals surface area contributed by atoms with Crippen LogP contribution < -0.4 is 0 Å². The maximum absolute atomic E-state index is 12.8. The molecule has 2 aromatic heterocycles. The van der Waals surface area contributed by atoms with Gasteiger partial charge in [0.05, 0.1) is 19.3 Å². The third-order valence-electron chi connectivity index (χ3n) is 5.18. The molecule has 5 aromatic rings. The Kier molecular flexibility index (Phi) is 5.17. The molecule has 32 heavy (non-hydrogen) atoms. The van der Waals surface area contributed by atoms with Crippen molar-refractivity contribution in [1.82, 2.24) is 30.1 Å². The van der Waals surface area contributed by atoms with Crippen molar-refractivity contribution in [2.24, 2.45) is 0 Å². The zero-order chi connectivity index (χ0) is 21.9. The van der Waals surface area contributed by atoms with Crippen LogP contribution in [-0.2, 0) is 13.1 Å². The van der Waals surface area contributed by atoms with Crippen LogP contribution in [0, 0.1) is 0 Å². The van der Waals surface area contributed by atoms with Gasteiger partial charge in [-0.25, -0.2) is 4.68 Å². The molecule has 0 aliphatic carbocycles. The Labute approximate surface area is 184 Å². The van der Waals surface area contributed by atoms with Crippen LogP contribution in [-0.4, -0.2) is 43.0 Å². The van der Waals surface area contributed by atoms with Gasteiger partial charge in [-0.3, -0.25) is 4.79 Å². The van der Waals surface area contributed by atoms with Gasteiger partial charge in [0.25, 0.3) is 5.91 Å². The number of hydrogen-bond donors (Lipinski definition) is 0. The summed E-state index contributed by atoms with van der Waals surface area (Å²) in [6.07, 6.45) is 1.66. The van der Waals surface area contributed by atoms with Crippen LogP contribution in [0.4, 0.5) is 0 Å². The van der Waals surface area contributed by atoms with Crippen LogP contribution in [0.5, 0.6) is 0 Å². The molecule has 158 valence electrons. The van der Waals surface area contributed by atoms with E-state index in [-0.39, 0.29) is 18.1 Å². The maximum atomic E-state index is 12.8. The third kappa shape index (κ3) is 3.98. The maximum Gasteiger partial charge on any atom is 0.276 e. The third-order valence-corrected chi connectivity index (χ3v) is 5.18. The van der Waals surface area contributed by atoms with Gasteiger partial charge >= 0.3 is 0 Å². The minimum atomic E-state index is -0.270. The lowest BCUT2D eigenvalue weighted by Crippen LogP contribution is -2.26. The fourth-order valence-corrected chi connectivity index (χ4v) is 3.56. The molecule has 0 N–H and O–H groups in total. The van der Waals surface area contributed by atoms with E-state index in [1.54, 1.807) is 17.9 Å². The normalized spacial score (nSPS) is 11.0. The molecule has 1 amide bonds. The Morgan fingerprint density at radius 1 is 0.938 bits per heavy atom. The molecule has 0 atom stereocenters. The lowest BCUT2D eigenvalue weighted by atomic mass is 10.0. The zero-order valence-corrected chi connectivity index (χ0v) is 17.4. The van der Waals surface area contributed by atoms with E-state index in [4.69, 9.17) is 4.42 Å². The number of carbonyl (C=O) groups excluding carboxylic acids is 1. The van der Waals surface area contributed by atoms with Gasteiger partial charge in [-0.2, -0.15) is 0 Å². The Bertz CT molecular complexity index is 1370. The van der Waals surface area contributed by atoms with E-state index in [1.807, 2.05) is 48.5 Å². The number of carbonyl (C=O) groups is 1. The molecule has 3 aromatic carbocycles. The lowest BCUT2D eigenvalue weighted by molar-refractivity contribution is 0.0767. The summed E-state index contributed by atoms with van der Waals surface area (Å²) in [5.41, 5.74) is 2.20. The molecule has 8 nitrogen and oxygen atoms in total. The topological polar surface area (TPSA) is 89.9 Å². The highest BCUT2D eigenvalue weighted by molar-refractivity contribution is 5.91. The van der Waals surface area contributed by atoms with E-state index in [0.717, 1.165) is 21.9 Å². The van der Waals surface area contributed by atoms with Crippen molar-refractivity contribution in [3.8, 4) is 11.5 Å². The summed E-state index contributed by atoms with van der Waals surface area (Å²) in [4.78, 5) is 14.3. The fraction of sp³-hybridized carbons (Fsp3) is 0.125. The predicted octanol–water partition coefficient (Wildman–Crippen LogP) is 3.80. The Morgan fingerprint density at radius 3 is 2.59 bits per heavy atom. The largest absolute Gasteiger partial charge is 0.419 e. The van der Waals surface area contributed by atoms with Crippen molar-refractivity contribution >= 4 is 16.7 Å². The number of benzene rings is 3. The Morgan fingerprint density at radius 2 is 1.72 bits per heavy atom. The SMILES string of the molecule is CN(Cc1nnc(-c2ccccc2)o1)C(=O)c1cn(Cc2cccc3ccccc23)nn1. The number of fused-ring (bicyclic) bond motifs is 1. The van der Waals surface area contributed by atoms with Crippen molar-refractivity contribution < 1.29 is 9.21 Å². The first-order valence-electron chi connectivity index (χ1n) is 10.2. The molecule has 0 fully saturated rings. The zero-order valence-electron chi connectivity index (χ0n) is 17.4. The van der Waals surface area contributed by atoms with Crippen molar-refractivity contribution in [2.75, 3.05) is 7.05 Å². The number of amides is 1. The van der Waals surface area contributed by atoms with Gasteiger partial charge in [-0.15, -0.1) is 15.3 Å². The van der Waals surface area contributed by atoms with Crippen molar-refractivity contribution in [3.63, 3.8) is 0 Å². The minimum Gasteiger partial charge on any atom is -0.419 e. The van der Waals surface area contributed by atoms with Gasteiger partial charge in [0.1, 0.15) is 0 Å². The first-order valence-corrected chi connectivity index (χ1v) is 10.2. The number of nitrogens with zero attached hydrogens (tertiary/aromatic N) is 6. The van der Waals surface area contributed by atoms with Crippen LogP contribution in [0.2, 0.25) is 0 Å². The molecule has 0 radical (unpaired) electrons. The molecule has 0 spiro atoms. The second kappa shape index (κ2) is 8.43. The second-order valence-corrected chi connectivity index (χ2v) is 7.47. The van der Waals surface area contributed by atoms with E-state index in [1.165, 1.54) is 4.90 Å². The van der Waals surface area contributed by atoms with Gasteiger partial charge in [-0.1, -0.05) is 65.9 Å². The smallest absolute Gasteiger partial charge is 0.276 e. The number of aromatic nitrogens is 5. The van der Waals surface area contributed by atoms with Crippen LogP contribution in [0.3, 0.4) is 0 Å². The second-order valence-electron chi connectivity index (χ2n) is 7.47. The highest BCUT2D eigenvalue weighted by Gasteiger charge is 2.19. The number of rotatable bonds is 6. The summed E-state index contributed by atoms with van der Waals surface area (Å²) in [6.45, 7) is 0.699. The standard InChI is InChI=1S/C24H20N6O2/c1-29(16-22-26-27-23(32-22)18-9-3-2-4-10-18)24(31)21-15-30(28-25-21)14-19-12-7-11-17-8-5-6-13-20(17)19/h2-13,15H,14,16H2,1H3. The lowest BCUT2D eigenvalue weighted by Gasteiger charge is -2.12. The summed E-state index contributed by atoms with van der Waals surface area (Å²) < 4.78 is 7.36. The Balaban J connectivity index is 1.28. The molecule has 0 saturated carbocycles. The van der Waals surface area contributed by atoms with E-state index in [9.17, 15) is 4.79 Å². The number of hydrogen-bond acceptors (Lipinski definition) is 6. The van der Waals surface area contributed by atoms with Gasteiger partial charge in [0, 0.05) is 12.6 Å². The molecular formula is C24H20N6O2. The molecule has 0 unspecified atom stereocenters. The fourth-order valence-electron chi connectivity index (χ4n) is 3.56. The van der Waals surface area contributed by atoms with Crippen molar-refractivity contribution in [1.29, 1.82) is 0 Å². The van der Waals surface area contributed by atoms with Gasteiger partial charge < -0.3 is 9.32 Å². The highest BCUT2D eigenvalue weighted by Crippen LogP contribution is 2.20. The average molecular weight is 424 g/mol. The molecule has 5 rings (SSSR count). The molecule has 0 bridgehead atoms. The molecular weight excluding hydrogens is 404 g/mol. The van der Waals surface area contributed by atoms with Crippen LogP contribution >= 0.6 is 0 Å². The summed E-state index contributed by atoms with van der Waals surface area (Å²) in [5.74, 6) is 0.499. The van der Waals surface area contributed by atoms with E-state index in [0.29, 0.717) is 18.3 Å². The van der Waals surface area contributed by atoms with E-state index in [2.05, 4.69) is 44.8 Å². The summed E-state index contributed by atoms with van der Waals surface area (Å²) >= 11 is 0. The quantitative estimate of drug-likeness (QED) is 0.412. The minimum absolute atomic E-state index is 0.175. The molecule has 0 saturated heterocycles. The van der Waals surface area contributed by atoms with Crippen molar-refractivity contribution in [3.05, 3.63) is 96.1 Å². The monoisotopic (exact) mass is 424 g/mol. The van der Waals surface area contributed by atoms with Crippen LogP contribution in [0.1, 0.15) is 21.9 Å². The van der Waals surface area contributed by atoms with Crippen LogP contribution in [0.25, 0.3) is 22.2 Å². The summed E-state index contributed by atoms with van der Waals surface area (Å²) in [6, 6.07) is 23.8. The van der Waals surface area contributed by atoms with E-state index >= 15 is 0 Å². The summed E-state index contributed by atoms with van der Waals surface area (Å²) in [7, 11) is 1.67. The van der Waals surface area contributed by atoms with Crippen molar-refractivity contribution in [2.45, 2.75) is 13.1 Å². The first kappa shape index (κ1) is 19.6. The summed E-state index contributed by atoms with van der Waals surface area (Å²) in [5, 5.41) is 18.6. The van der Waals surface area contributed by atoms with Gasteiger partial charge in [0.2, 0.25) is 11.8 Å². The van der Waals surface area contributed by atoms with Gasteiger partial charge in [-0.05, 0) is 28.5 Å². The van der Waals surface area contributed by atoms with E-state index < -0.39 is 0 Å². The molecule has 8 heteroatoms. The predicted molar refractivity (Wildman–Crippen MR) is 119 cm³/mol. The average Bonchev–Trinajstić information content (AvgIpc) is 3.49. The molecule has 2 heterocycles. The van der Waals surface area contributed by atoms with Gasteiger partial charge in [0.15, 0.2) is 5.69 Å².